The van der Waals surface area contributed by atoms with E-state index < -0.39 is 6.10 Å². The van der Waals surface area contributed by atoms with Gasteiger partial charge in [-0.2, -0.15) is 0 Å². The third-order valence-corrected chi connectivity index (χ3v) is 5.83. The fourth-order valence-corrected chi connectivity index (χ4v) is 4.34. The Bertz CT molecular complexity index is 1040. The van der Waals surface area contributed by atoms with Gasteiger partial charge in [-0.25, -0.2) is 0 Å². The lowest BCUT2D eigenvalue weighted by atomic mass is 10.00. The highest BCUT2D eigenvalue weighted by Gasteiger charge is 2.19. The number of aromatic nitrogens is 1. The molecule has 0 saturated carbocycles. The highest BCUT2D eigenvalue weighted by Crippen LogP contribution is 2.21. The minimum absolute atomic E-state index is 0.0499. The number of aliphatic hydroxyl groups excluding tert-OH is 1. The second-order valence-corrected chi connectivity index (χ2v) is 8.28. The number of β-amino-alcohol motifs (C(OH)–C–C–N with tert-alkyl or cyclic N) is 1. The summed E-state index contributed by atoms with van der Waals surface area (Å²) in [5.41, 5.74) is 3.71. The fourth-order valence-electron chi connectivity index (χ4n) is 3.97. The number of benzene rings is 2. The molecule has 4 nitrogen and oxygen atoms in total. The van der Waals surface area contributed by atoms with Gasteiger partial charge in [-0.15, -0.1) is 0 Å². The summed E-state index contributed by atoms with van der Waals surface area (Å²) >= 11 is 3.46. The predicted molar refractivity (Wildman–Crippen MR) is 112 cm³/mol. The normalized spacial score (nSPS) is 15.7. The fraction of sp³-hybridized carbons (Fsp3) is 0.318. The molecule has 1 atom stereocenters. The Balaban J connectivity index is 1.50. The number of nitrogens with zero attached hydrogens (tertiary/aromatic N) is 2. The smallest absolute Gasteiger partial charge is 0.258 e. The average Bonchev–Trinajstić information content (AvgIpc) is 2.65. The van der Waals surface area contributed by atoms with Gasteiger partial charge in [0.05, 0.1) is 12.6 Å². The Morgan fingerprint density at radius 1 is 1.11 bits per heavy atom. The molecular formula is C22H23BrN2O2. The highest BCUT2D eigenvalue weighted by atomic mass is 79.9. The lowest BCUT2D eigenvalue weighted by Gasteiger charge is -2.30. The first-order valence-corrected chi connectivity index (χ1v) is 10.1. The number of pyridine rings is 1. The van der Waals surface area contributed by atoms with E-state index in [9.17, 15) is 9.90 Å². The van der Waals surface area contributed by atoms with Gasteiger partial charge in [0.2, 0.25) is 0 Å². The van der Waals surface area contributed by atoms with Crippen LogP contribution in [0.25, 0.3) is 10.8 Å². The third-order valence-electron chi connectivity index (χ3n) is 5.33. The summed E-state index contributed by atoms with van der Waals surface area (Å²) in [6, 6.07) is 14.2. The monoisotopic (exact) mass is 426 g/mol. The Morgan fingerprint density at radius 3 is 2.70 bits per heavy atom. The highest BCUT2D eigenvalue weighted by molar-refractivity contribution is 9.10. The number of fused-ring (bicyclic) bond motifs is 2. The van der Waals surface area contributed by atoms with E-state index in [1.165, 1.54) is 11.1 Å². The van der Waals surface area contributed by atoms with Crippen LogP contribution in [0.2, 0.25) is 0 Å². The van der Waals surface area contributed by atoms with Crippen LogP contribution in [0.5, 0.6) is 0 Å². The summed E-state index contributed by atoms with van der Waals surface area (Å²) in [5.74, 6) is 0. The van der Waals surface area contributed by atoms with Gasteiger partial charge in [0, 0.05) is 35.7 Å². The number of aryl methyl sites for hydroxylation is 1. The van der Waals surface area contributed by atoms with Crippen LogP contribution in [0.4, 0.5) is 0 Å². The zero-order chi connectivity index (χ0) is 19.0. The Morgan fingerprint density at radius 2 is 1.89 bits per heavy atom. The molecule has 0 unspecified atom stereocenters. The van der Waals surface area contributed by atoms with Gasteiger partial charge in [-0.05, 0) is 53.6 Å². The van der Waals surface area contributed by atoms with Crippen LogP contribution in [-0.4, -0.2) is 33.8 Å². The summed E-state index contributed by atoms with van der Waals surface area (Å²) in [7, 11) is 0. The van der Waals surface area contributed by atoms with Crippen LogP contribution in [0.1, 0.15) is 16.7 Å². The number of hydrogen-bond acceptors (Lipinski definition) is 3. The lowest BCUT2D eigenvalue weighted by molar-refractivity contribution is 0.0911. The average molecular weight is 427 g/mol. The van der Waals surface area contributed by atoms with Crippen molar-refractivity contribution in [1.82, 2.24) is 9.47 Å². The van der Waals surface area contributed by atoms with E-state index in [2.05, 4.69) is 45.1 Å². The first kappa shape index (κ1) is 18.4. The van der Waals surface area contributed by atoms with Crippen molar-refractivity contribution in [1.29, 1.82) is 0 Å². The molecule has 2 aromatic carbocycles. The first-order valence-electron chi connectivity index (χ1n) is 9.28. The van der Waals surface area contributed by atoms with Gasteiger partial charge in [0.15, 0.2) is 0 Å². The van der Waals surface area contributed by atoms with E-state index in [0.717, 1.165) is 34.9 Å². The van der Waals surface area contributed by atoms with Gasteiger partial charge in [0.25, 0.3) is 5.56 Å². The van der Waals surface area contributed by atoms with Crippen molar-refractivity contribution in [2.75, 3.05) is 13.1 Å². The van der Waals surface area contributed by atoms with Gasteiger partial charge >= 0.3 is 0 Å². The number of hydrogen-bond donors (Lipinski definition) is 1. The maximum atomic E-state index is 12.8. The molecule has 1 N–H and O–H groups in total. The molecule has 27 heavy (non-hydrogen) atoms. The molecule has 0 bridgehead atoms. The van der Waals surface area contributed by atoms with Gasteiger partial charge in [0.1, 0.15) is 0 Å². The lowest BCUT2D eigenvalue weighted by Crippen LogP contribution is -2.39. The Kier molecular flexibility index (Phi) is 5.17. The van der Waals surface area contributed by atoms with Crippen LogP contribution in [0, 0.1) is 6.92 Å². The molecule has 2 heterocycles. The van der Waals surface area contributed by atoms with Crippen LogP contribution >= 0.6 is 15.9 Å². The molecule has 5 heteroatoms. The van der Waals surface area contributed by atoms with Gasteiger partial charge in [-0.3, -0.25) is 9.69 Å². The van der Waals surface area contributed by atoms with Crippen LogP contribution in [0.15, 0.2) is 57.9 Å². The molecule has 140 valence electrons. The van der Waals surface area contributed by atoms with Crippen molar-refractivity contribution in [3.63, 3.8) is 0 Å². The van der Waals surface area contributed by atoms with E-state index in [-0.39, 0.29) is 5.56 Å². The second-order valence-electron chi connectivity index (χ2n) is 7.37. The van der Waals surface area contributed by atoms with Crippen molar-refractivity contribution >= 4 is 26.7 Å². The SMILES string of the molecule is Cc1cn(C[C@H](O)CN2CCc3ccccc3C2)c(=O)c2ccc(Br)cc12. The molecule has 0 saturated heterocycles. The van der Waals surface area contributed by atoms with Gasteiger partial charge in [-0.1, -0.05) is 40.2 Å². The van der Waals surface area contributed by atoms with E-state index in [0.29, 0.717) is 18.5 Å². The van der Waals surface area contributed by atoms with E-state index in [4.69, 9.17) is 0 Å². The summed E-state index contributed by atoms with van der Waals surface area (Å²) in [4.78, 5) is 15.1. The quantitative estimate of drug-likeness (QED) is 0.694. The maximum Gasteiger partial charge on any atom is 0.258 e. The largest absolute Gasteiger partial charge is 0.390 e. The molecule has 1 aromatic heterocycles. The van der Waals surface area contributed by atoms with Crippen LogP contribution in [-0.2, 0) is 19.5 Å². The van der Waals surface area contributed by atoms with E-state index >= 15 is 0 Å². The molecule has 0 aliphatic carbocycles. The second kappa shape index (κ2) is 7.58. The van der Waals surface area contributed by atoms with E-state index in [1.54, 1.807) is 4.57 Å². The van der Waals surface area contributed by atoms with Crippen molar-refractivity contribution in [2.24, 2.45) is 0 Å². The van der Waals surface area contributed by atoms with Crippen LogP contribution < -0.4 is 5.56 Å². The topological polar surface area (TPSA) is 45.5 Å². The molecule has 0 spiro atoms. The van der Waals surface area contributed by atoms with Crippen molar-refractivity contribution in [3.05, 3.63) is 80.2 Å². The van der Waals surface area contributed by atoms with Crippen molar-refractivity contribution in [2.45, 2.75) is 32.5 Å². The summed E-state index contributed by atoms with van der Waals surface area (Å²) < 4.78 is 2.61. The molecule has 3 aromatic rings. The summed E-state index contributed by atoms with van der Waals surface area (Å²) in [5, 5.41) is 12.3. The standard InChI is InChI=1S/C22H23BrN2O2/c1-15-11-25(22(27)20-7-6-18(23)10-21(15)20)14-19(26)13-24-9-8-16-4-2-3-5-17(16)12-24/h2-7,10-11,19,26H,8-9,12-14H2,1H3/t19-/m1/s1. The Hall–Kier alpha value is -1.95. The summed E-state index contributed by atoms with van der Waals surface area (Å²) in [6.45, 7) is 4.67. The molecule has 0 radical (unpaired) electrons. The zero-order valence-corrected chi connectivity index (χ0v) is 16.9. The van der Waals surface area contributed by atoms with Crippen LogP contribution in [0.3, 0.4) is 0 Å². The minimum Gasteiger partial charge on any atom is -0.390 e. The molecule has 1 aliphatic heterocycles. The van der Waals surface area contributed by atoms with Gasteiger partial charge < -0.3 is 9.67 Å². The first-order chi connectivity index (χ1) is 13.0. The Labute approximate surface area is 167 Å². The number of aliphatic hydroxyl groups is 1. The minimum atomic E-state index is -0.583. The molecule has 4 rings (SSSR count). The molecule has 0 amide bonds. The zero-order valence-electron chi connectivity index (χ0n) is 15.4. The van der Waals surface area contributed by atoms with Crippen molar-refractivity contribution < 1.29 is 5.11 Å². The molecule has 1 aliphatic rings. The maximum absolute atomic E-state index is 12.8. The number of halogens is 1. The predicted octanol–water partition coefficient (Wildman–Crippen LogP) is 3.49. The summed E-state index contributed by atoms with van der Waals surface area (Å²) in [6.07, 6.45) is 2.28. The van der Waals surface area contributed by atoms with Crippen molar-refractivity contribution in [3.8, 4) is 0 Å². The van der Waals surface area contributed by atoms with E-state index in [1.807, 2.05) is 31.3 Å². The number of rotatable bonds is 4. The third kappa shape index (κ3) is 3.86. The molecule has 0 fully saturated rings. The molecular weight excluding hydrogens is 404 g/mol.